The Hall–Kier alpha value is -4.01. The van der Waals surface area contributed by atoms with Gasteiger partial charge in [-0.2, -0.15) is 0 Å². The quantitative estimate of drug-likeness (QED) is 0.403. The second-order valence-electron chi connectivity index (χ2n) is 6.11. The molecule has 3 aromatic rings. The molecule has 0 bridgehead atoms. The lowest BCUT2D eigenvalue weighted by Crippen LogP contribution is -2.23. The molecule has 0 saturated heterocycles. The van der Waals surface area contributed by atoms with Crippen molar-refractivity contribution in [3.8, 4) is 17.2 Å². The highest BCUT2D eigenvalue weighted by Gasteiger charge is 2.17. The Kier molecular flexibility index (Phi) is 5.16. The van der Waals surface area contributed by atoms with E-state index in [1.807, 2.05) is 0 Å². The van der Waals surface area contributed by atoms with Crippen molar-refractivity contribution in [2.75, 3.05) is 10.6 Å². The van der Waals surface area contributed by atoms with E-state index in [1.165, 1.54) is 42.9 Å². The molecule has 1 aromatic heterocycles. The molecule has 9 heteroatoms. The summed E-state index contributed by atoms with van der Waals surface area (Å²) in [6, 6.07) is 8.27. The maximum atomic E-state index is 11.4. The number of phenols is 3. The Morgan fingerprint density at radius 2 is 1.71 bits per heavy atom. The number of nitrogens with two attached hydrogens (primary N) is 1. The van der Waals surface area contributed by atoms with E-state index >= 15 is 0 Å². The van der Waals surface area contributed by atoms with Crippen molar-refractivity contribution in [1.29, 1.82) is 0 Å². The molecular formula is C19H18N4O5. The summed E-state index contributed by atoms with van der Waals surface area (Å²) < 4.78 is 0. The zero-order valence-electron chi connectivity index (χ0n) is 14.6. The van der Waals surface area contributed by atoms with E-state index < -0.39 is 5.97 Å². The fourth-order valence-electron chi connectivity index (χ4n) is 2.73. The average Bonchev–Trinajstić information content (AvgIpc) is 2.66. The van der Waals surface area contributed by atoms with Gasteiger partial charge in [-0.3, -0.25) is 0 Å². The molecule has 0 saturated carbocycles. The second kappa shape index (κ2) is 7.70. The van der Waals surface area contributed by atoms with E-state index in [9.17, 15) is 25.2 Å². The number of hydrogen-bond donors (Lipinski definition) is 5. The van der Waals surface area contributed by atoms with Crippen molar-refractivity contribution in [2.45, 2.75) is 13.1 Å². The van der Waals surface area contributed by atoms with Gasteiger partial charge in [-0.1, -0.05) is 0 Å². The van der Waals surface area contributed by atoms with Crippen LogP contribution in [0.15, 0.2) is 48.9 Å². The van der Waals surface area contributed by atoms with E-state index in [-0.39, 0.29) is 41.7 Å². The predicted molar refractivity (Wildman–Crippen MR) is 101 cm³/mol. The van der Waals surface area contributed by atoms with Crippen molar-refractivity contribution in [3.05, 3.63) is 65.6 Å². The van der Waals surface area contributed by atoms with Gasteiger partial charge in [-0.15, -0.1) is 0 Å². The predicted octanol–water partition coefficient (Wildman–Crippen LogP) is 2.08. The third-order valence-electron chi connectivity index (χ3n) is 4.18. The molecule has 0 spiro atoms. The normalized spacial score (nSPS) is 10.6. The van der Waals surface area contributed by atoms with Crippen LogP contribution < -0.4 is 10.6 Å². The highest BCUT2D eigenvalue weighted by Crippen LogP contribution is 2.30. The van der Waals surface area contributed by atoms with Crippen LogP contribution in [0.3, 0.4) is 0 Å². The number of hydrogen-bond acceptors (Lipinski definition) is 8. The topological polar surface area (TPSA) is 153 Å². The minimum absolute atomic E-state index is 0.0211. The van der Waals surface area contributed by atoms with Crippen LogP contribution in [0.2, 0.25) is 0 Å². The lowest BCUT2D eigenvalue weighted by molar-refractivity contribution is 0.0693. The fraction of sp³-hybridized carbons (Fsp3) is 0.105. The summed E-state index contributed by atoms with van der Waals surface area (Å²) >= 11 is 0. The Morgan fingerprint density at radius 1 is 1.00 bits per heavy atom. The molecule has 28 heavy (non-hydrogen) atoms. The van der Waals surface area contributed by atoms with Crippen LogP contribution in [0.5, 0.6) is 17.2 Å². The Bertz CT molecular complexity index is 1020. The number of aromatic hydroxyl groups is 3. The third kappa shape index (κ3) is 4.04. The van der Waals surface area contributed by atoms with Crippen LogP contribution in [0.1, 0.15) is 21.5 Å². The first-order valence-corrected chi connectivity index (χ1v) is 8.21. The van der Waals surface area contributed by atoms with Crippen molar-refractivity contribution >= 4 is 17.5 Å². The standard InChI is InChI=1S/C19H18N4O5/c20-18-12(7-21-10-22-18)9-23(8-11-5-14(24)2-4-16(11)25)13-1-3-17(26)15(6-13)19(27)28/h1-7,10,24-26H,8-9H2,(H,27,28)(H2,20,21,22). The van der Waals surface area contributed by atoms with Crippen molar-refractivity contribution in [1.82, 2.24) is 9.97 Å². The number of anilines is 2. The average molecular weight is 382 g/mol. The number of carbonyl (C=O) groups is 1. The van der Waals surface area contributed by atoms with Gasteiger partial charge in [0.25, 0.3) is 0 Å². The van der Waals surface area contributed by atoms with Gasteiger partial charge in [0.2, 0.25) is 0 Å². The molecule has 3 rings (SSSR count). The molecule has 144 valence electrons. The molecule has 0 aliphatic carbocycles. The molecular weight excluding hydrogens is 364 g/mol. The highest BCUT2D eigenvalue weighted by molar-refractivity contribution is 5.92. The van der Waals surface area contributed by atoms with Gasteiger partial charge in [-0.25, -0.2) is 14.8 Å². The Balaban J connectivity index is 2.04. The minimum Gasteiger partial charge on any atom is -0.508 e. The van der Waals surface area contributed by atoms with Crippen LogP contribution in [-0.4, -0.2) is 36.4 Å². The number of aromatic carboxylic acids is 1. The zero-order valence-corrected chi connectivity index (χ0v) is 14.6. The number of phenolic OH excluding ortho intramolecular Hbond substituents is 2. The molecule has 2 aromatic carbocycles. The van der Waals surface area contributed by atoms with Crippen molar-refractivity contribution < 1.29 is 25.2 Å². The van der Waals surface area contributed by atoms with Gasteiger partial charge in [0, 0.05) is 36.1 Å². The largest absolute Gasteiger partial charge is 0.508 e. The van der Waals surface area contributed by atoms with Gasteiger partial charge in [0.15, 0.2) is 0 Å². The molecule has 9 nitrogen and oxygen atoms in total. The number of carboxylic acid groups (broad SMARTS) is 1. The lowest BCUT2D eigenvalue weighted by Gasteiger charge is -2.26. The van der Waals surface area contributed by atoms with E-state index in [0.717, 1.165) is 0 Å². The Labute approximate surface area is 160 Å². The molecule has 0 amide bonds. The first kappa shape index (κ1) is 18.8. The molecule has 1 heterocycles. The van der Waals surface area contributed by atoms with E-state index in [2.05, 4.69) is 9.97 Å². The molecule has 6 N–H and O–H groups in total. The monoisotopic (exact) mass is 382 g/mol. The van der Waals surface area contributed by atoms with Gasteiger partial charge in [-0.05, 0) is 36.4 Å². The maximum Gasteiger partial charge on any atom is 0.339 e. The summed E-state index contributed by atoms with van der Waals surface area (Å²) in [6.07, 6.45) is 2.85. The first-order chi connectivity index (χ1) is 13.3. The number of carboxylic acids is 1. The van der Waals surface area contributed by atoms with Gasteiger partial charge >= 0.3 is 5.97 Å². The van der Waals surface area contributed by atoms with Crippen LogP contribution in [-0.2, 0) is 13.1 Å². The van der Waals surface area contributed by atoms with E-state index in [0.29, 0.717) is 16.8 Å². The summed E-state index contributed by atoms with van der Waals surface area (Å²) in [4.78, 5) is 21.0. The summed E-state index contributed by atoms with van der Waals surface area (Å²) in [7, 11) is 0. The van der Waals surface area contributed by atoms with Gasteiger partial charge < -0.3 is 31.1 Å². The van der Waals surface area contributed by atoms with Crippen LogP contribution in [0, 0.1) is 0 Å². The number of benzene rings is 2. The van der Waals surface area contributed by atoms with Crippen molar-refractivity contribution in [3.63, 3.8) is 0 Å². The first-order valence-electron chi connectivity index (χ1n) is 8.21. The zero-order chi connectivity index (χ0) is 20.3. The van der Waals surface area contributed by atoms with Crippen LogP contribution in [0.25, 0.3) is 0 Å². The van der Waals surface area contributed by atoms with Crippen LogP contribution in [0.4, 0.5) is 11.5 Å². The Morgan fingerprint density at radius 3 is 2.43 bits per heavy atom. The summed E-state index contributed by atoms with van der Waals surface area (Å²) in [5.41, 5.74) is 7.10. The lowest BCUT2D eigenvalue weighted by atomic mass is 10.1. The SMILES string of the molecule is Nc1ncncc1CN(Cc1cc(O)ccc1O)c1ccc(O)c(C(=O)O)c1. The molecule has 0 atom stereocenters. The van der Waals surface area contributed by atoms with E-state index in [1.54, 1.807) is 11.0 Å². The molecule has 0 aliphatic heterocycles. The molecule has 0 unspecified atom stereocenters. The summed E-state index contributed by atoms with van der Waals surface area (Å²) in [5, 5.41) is 38.9. The van der Waals surface area contributed by atoms with Gasteiger partial charge in [0.05, 0.1) is 0 Å². The summed E-state index contributed by atoms with van der Waals surface area (Å²) in [5.74, 6) is -1.43. The number of nitrogen functional groups attached to an aromatic ring is 1. The number of rotatable bonds is 6. The maximum absolute atomic E-state index is 11.4. The smallest absolute Gasteiger partial charge is 0.339 e. The molecule has 0 aliphatic rings. The number of aromatic nitrogens is 2. The second-order valence-corrected chi connectivity index (χ2v) is 6.11. The fourth-order valence-corrected chi connectivity index (χ4v) is 2.73. The van der Waals surface area contributed by atoms with Gasteiger partial charge in [0.1, 0.15) is 35.0 Å². The van der Waals surface area contributed by atoms with Crippen LogP contribution >= 0.6 is 0 Å². The van der Waals surface area contributed by atoms with Crippen molar-refractivity contribution in [2.24, 2.45) is 0 Å². The number of nitrogens with zero attached hydrogens (tertiary/aromatic N) is 3. The summed E-state index contributed by atoms with van der Waals surface area (Å²) in [6.45, 7) is 0.323. The van der Waals surface area contributed by atoms with E-state index in [4.69, 9.17) is 5.73 Å². The highest BCUT2D eigenvalue weighted by atomic mass is 16.4. The molecule has 0 radical (unpaired) electrons. The third-order valence-corrected chi connectivity index (χ3v) is 4.18. The molecule has 0 fully saturated rings. The minimum atomic E-state index is -1.28.